The first-order valence-corrected chi connectivity index (χ1v) is 3.08. The van der Waals surface area contributed by atoms with Crippen LogP contribution in [0.3, 0.4) is 0 Å². The summed E-state index contributed by atoms with van der Waals surface area (Å²) in [6.07, 6.45) is 3.80. The average molecular weight is 139 g/mol. The number of oxime groups is 1. The fourth-order valence-electron chi connectivity index (χ4n) is 0.686. The number of hydrogen-bond donors (Lipinski definition) is 2. The number of rotatable bonds is 2. The molecule has 1 aromatic rings. The van der Waals surface area contributed by atoms with Crippen molar-refractivity contribution in [2.24, 2.45) is 5.16 Å². The van der Waals surface area contributed by atoms with E-state index in [1.807, 2.05) is 6.92 Å². The van der Waals surface area contributed by atoms with Crippen LogP contribution in [0.15, 0.2) is 11.4 Å². The molecule has 4 heteroatoms. The van der Waals surface area contributed by atoms with Gasteiger partial charge in [-0.15, -0.1) is 0 Å². The van der Waals surface area contributed by atoms with Crippen molar-refractivity contribution < 1.29 is 5.21 Å². The number of H-pyrrole nitrogens is 1. The van der Waals surface area contributed by atoms with Gasteiger partial charge in [0.2, 0.25) is 0 Å². The van der Waals surface area contributed by atoms with Crippen LogP contribution in [-0.2, 0) is 6.42 Å². The monoisotopic (exact) mass is 139 g/mol. The van der Waals surface area contributed by atoms with Gasteiger partial charge in [0.1, 0.15) is 5.82 Å². The maximum absolute atomic E-state index is 8.12. The summed E-state index contributed by atoms with van der Waals surface area (Å²) >= 11 is 0. The van der Waals surface area contributed by atoms with Crippen molar-refractivity contribution in [3.8, 4) is 0 Å². The van der Waals surface area contributed by atoms with Crippen LogP contribution in [0.5, 0.6) is 0 Å². The Balaban J connectivity index is 2.78. The maximum Gasteiger partial charge on any atom is 0.106 e. The van der Waals surface area contributed by atoms with Gasteiger partial charge in [-0.05, 0) is 0 Å². The van der Waals surface area contributed by atoms with E-state index in [1.165, 1.54) is 6.21 Å². The molecule has 54 valence electrons. The first-order chi connectivity index (χ1) is 4.86. The number of nitrogens with one attached hydrogen (secondary N) is 1. The number of nitrogens with zero attached hydrogens (tertiary/aromatic N) is 2. The molecular formula is C6H9N3O. The molecule has 0 fully saturated rings. The van der Waals surface area contributed by atoms with E-state index in [4.69, 9.17) is 5.21 Å². The van der Waals surface area contributed by atoms with Gasteiger partial charge in [-0.3, -0.25) is 0 Å². The quantitative estimate of drug-likeness (QED) is 0.361. The van der Waals surface area contributed by atoms with Gasteiger partial charge in [0.05, 0.1) is 18.1 Å². The molecule has 1 rings (SSSR count). The van der Waals surface area contributed by atoms with Crippen LogP contribution in [0.25, 0.3) is 0 Å². The van der Waals surface area contributed by atoms with Crippen molar-refractivity contribution in [1.82, 2.24) is 9.97 Å². The Morgan fingerprint density at radius 2 is 2.70 bits per heavy atom. The van der Waals surface area contributed by atoms with Crippen LogP contribution in [0.4, 0.5) is 0 Å². The van der Waals surface area contributed by atoms with E-state index in [0.717, 1.165) is 17.9 Å². The maximum atomic E-state index is 8.12. The molecule has 0 aliphatic heterocycles. The molecule has 0 bridgehead atoms. The molecule has 0 amide bonds. The zero-order chi connectivity index (χ0) is 7.40. The molecule has 0 aliphatic rings. The van der Waals surface area contributed by atoms with Gasteiger partial charge in [0.25, 0.3) is 0 Å². The summed E-state index contributed by atoms with van der Waals surface area (Å²) in [5, 5.41) is 11.0. The van der Waals surface area contributed by atoms with Crippen molar-refractivity contribution in [2.75, 3.05) is 0 Å². The molecule has 0 aliphatic carbocycles. The van der Waals surface area contributed by atoms with E-state index in [-0.39, 0.29) is 0 Å². The molecule has 0 spiro atoms. The Morgan fingerprint density at radius 1 is 1.90 bits per heavy atom. The van der Waals surface area contributed by atoms with Crippen LogP contribution in [-0.4, -0.2) is 21.4 Å². The molecule has 1 aromatic heterocycles. The minimum atomic E-state index is 0.722. The molecule has 2 N–H and O–H groups in total. The van der Waals surface area contributed by atoms with E-state index in [1.54, 1.807) is 6.20 Å². The number of imidazole rings is 1. The second-order valence-electron chi connectivity index (χ2n) is 1.88. The van der Waals surface area contributed by atoms with E-state index in [2.05, 4.69) is 15.1 Å². The second kappa shape index (κ2) is 3.00. The van der Waals surface area contributed by atoms with Gasteiger partial charge in [-0.2, -0.15) is 0 Å². The van der Waals surface area contributed by atoms with Crippen LogP contribution < -0.4 is 0 Å². The molecule has 0 saturated carbocycles. The van der Waals surface area contributed by atoms with Gasteiger partial charge in [-0.25, -0.2) is 4.98 Å². The molecule has 1 heterocycles. The standard InChI is InChI=1S/C6H9N3O/c1-2-6-7-3-5(9-6)4-8-10/h3-4,10H,2H2,1H3,(H,7,9)/b8-4+. The average Bonchev–Trinajstić information content (AvgIpc) is 2.37. The number of hydrogen-bond acceptors (Lipinski definition) is 3. The third-order valence-corrected chi connectivity index (χ3v) is 1.18. The van der Waals surface area contributed by atoms with Crippen LogP contribution in [0.2, 0.25) is 0 Å². The summed E-state index contributed by atoms with van der Waals surface area (Å²) in [4.78, 5) is 6.94. The fraction of sp³-hybridized carbons (Fsp3) is 0.333. The first kappa shape index (κ1) is 6.80. The predicted octanol–water partition coefficient (Wildman–Crippen LogP) is 0.780. The molecule has 0 unspecified atom stereocenters. The van der Waals surface area contributed by atoms with Crippen LogP contribution in [0, 0.1) is 0 Å². The van der Waals surface area contributed by atoms with Gasteiger partial charge < -0.3 is 10.2 Å². The third-order valence-electron chi connectivity index (χ3n) is 1.18. The summed E-state index contributed by atoms with van der Waals surface area (Å²) in [6.45, 7) is 2.00. The van der Waals surface area contributed by atoms with Gasteiger partial charge in [0.15, 0.2) is 0 Å². The third kappa shape index (κ3) is 1.34. The zero-order valence-corrected chi connectivity index (χ0v) is 5.70. The lowest BCUT2D eigenvalue weighted by molar-refractivity contribution is 0.321. The van der Waals surface area contributed by atoms with Crippen molar-refractivity contribution >= 4 is 6.21 Å². The Kier molecular flexibility index (Phi) is 2.04. The lowest BCUT2D eigenvalue weighted by Gasteiger charge is -1.83. The largest absolute Gasteiger partial charge is 0.411 e. The molecule has 10 heavy (non-hydrogen) atoms. The Bertz CT molecular complexity index is 229. The summed E-state index contributed by atoms with van der Waals surface area (Å²) in [7, 11) is 0. The summed E-state index contributed by atoms with van der Waals surface area (Å²) in [5.41, 5.74) is 0.722. The number of aryl methyl sites for hydroxylation is 1. The van der Waals surface area contributed by atoms with Crippen molar-refractivity contribution in [2.45, 2.75) is 13.3 Å². The van der Waals surface area contributed by atoms with E-state index < -0.39 is 0 Å². The lowest BCUT2D eigenvalue weighted by atomic mass is 10.5. The summed E-state index contributed by atoms with van der Waals surface area (Å²) < 4.78 is 0. The number of aromatic nitrogens is 2. The fourth-order valence-corrected chi connectivity index (χ4v) is 0.686. The van der Waals surface area contributed by atoms with Crippen LogP contribution >= 0.6 is 0 Å². The highest BCUT2D eigenvalue weighted by Crippen LogP contribution is 1.93. The SMILES string of the molecule is CCc1ncc(/C=N/O)[nH]1. The molecule has 0 atom stereocenters. The van der Waals surface area contributed by atoms with Gasteiger partial charge >= 0.3 is 0 Å². The molecule has 0 saturated heterocycles. The predicted molar refractivity (Wildman–Crippen MR) is 37.3 cm³/mol. The summed E-state index contributed by atoms with van der Waals surface area (Å²) in [5.74, 6) is 0.898. The minimum Gasteiger partial charge on any atom is -0.411 e. The van der Waals surface area contributed by atoms with E-state index in [9.17, 15) is 0 Å². The Morgan fingerprint density at radius 3 is 3.20 bits per heavy atom. The van der Waals surface area contributed by atoms with E-state index in [0.29, 0.717) is 0 Å². The topological polar surface area (TPSA) is 61.3 Å². The van der Waals surface area contributed by atoms with Crippen molar-refractivity contribution in [3.05, 3.63) is 17.7 Å². The first-order valence-electron chi connectivity index (χ1n) is 3.08. The zero-order valence-electron chi connectivity index (χ0n) is 5.70. The highest BCUT2D eigenvalue weighted by atomic mass is 16.4. The lowest BCUT2D eigenvalue weighted by Crippen LogP contribution is -1.83. The minimum absolute atomic E-state index is 0.722. The van der Waals surface area contributed by atoms with Crippen molar-refractivity contribution in [1.29, 1.82) is 0 Å². The van der Waals surface area contributed by atoms with Crippen LogP contribution in [0.1, 0.15) is 18.4 Å². The number of aromatic amines is 1. The highest BCUT2D eigenvalue weighted by molar-refractivity contribution is 5.75. The van der Waals surface area contributed by atoms with E-state index >= 15 is 0 Å². The van der Waals surface area contributed by atoms with Crippen molar-refractivity contribution in [3.63, 3.8) is 0 Å². The highest BCUT2D eigenvalue weighted by Gasteiger charge is 1.93. The summed E-state index contributed by atoms with van der Waals surface area (Å²) in [6, 6.07) is 0. The molecule has 0 aromatic carbocycles. The second-order valence-corrected chi connectivity index (χ2v) is 1.88. The van der Waals surface area contributed by atoms with Gasteiger partial charge in [-0.1, -0.05) is 12.1 Å². The molecule has 0 radical (unpaired) electrons. The molecular weight excluding hydrogens is 130 g/mol. The van der Waals surface area contributed by atoms with Gasteiger partial charge in [0, 0.05) is 6.42 Å². The Labute approximate surface area is 58.6 Å². The molecule has 4 nitrogen and oxygen atoms in total. The Hall–Kier alpha value is -1.32. The smallest absolute Gasteiger partial charge is 0.106 e. The normalized spacial score (nSPS) is 10.9.